The highest BCUT2D eigenvalue weighted by molar-refractivity contribution is 6.37. The molecule has 0 aromatic rings. The van der Waals surface area contributed by atoms with Gasteiger partial charge in [-0.25, -0.2) is 0 Å². The van der Waals surface area contributed by atoms with Crippen LogP contribution >= 0.6 is 0 Å². The fraction of sp³-hybridized carbons (Fsp3) is 0.455. The van der Waals surface area contributed by atoms with Crippen molar-refractivity contribution in [2.75, 3.05) is 0 Å². The van der Waals surface area contributed by atoms with Crippen molar-refractivity contribution in [3.05, 3.63) is 35.6 Å². The number of hydrogen-bond donors (Lipinski definition) is 0. The second kappa shape index (κ2) is 3.64. The van der Waals surface area contributed by atoms with Gasteiger partial charge in [0.05, 0.1) is 6.10 Å². The van der Waals surface area contributed by atoms with E-state index < -0.39 is 9.76 Å². The SMILES string of the molecule is C/C=C(\C)[SiH2]OC1C2C=CC1C=C2. The Kier molecular flexibility index (Phi) is 2.51. The van der Waals surface area contributed by atoms with Gasteiger partial charge in [-0.1, -0.05) is 35.6 Å². The van der Waals surface area contributed by atoms with Crippen LogP contribution in [0.4, 0.5) is 0 Å². The maximum atomic E-state index is 5.99. The first-order chi connectivity index (χ1) is 6.31. The van der Waals surface area contributed by atoms with Crippen LogP contribution in [0.3, 0.4) is 0 Å². The van der Waals surface area contributed by atoms with Gasteiger partial charge in [-0.05, 0) is 13.8 Å². The second-order valence-corrected chi connectivity index (χ2v) is 5.57. The lowest BCUT2D eigenvalue weighted by Crippen LogP contribution is -2.22. The molecule has 0 saturated heterocycles. The summed E-state index contributed by atoms with van der Waals surface area (Å²) in [6.45, 7) is 4.26. The smallest absolute Gasteiger partial charge is 0.188 e. The van der Waals surface area contributed by atoms with Gasteiger partial charge in [-0.15, -0.1) is 0 Å². The Morgan fingerprint density at radius 2 is 1.77 bits per heavy atom. The van der Waals surface area contributed by atoms with Gasteiger partial charge in [0, 0.05) is 11.8 Å². The Hall–Kier alpha value is -0.603. The zero-order valence-electron chi connectivity index (χ0n) is 8.23. The molecule has 0 aromatic heterocycles. The van der Waals surface area contributed by atoms with E-state index in [1.807, 2.05) is 0 Å². The lowest BCUT2D eigenvalue weighted by molar-refractivity contribution is 0.184. The molecule has 0 aliphatic heterocycles. The van der Waals surface area contributed by atoms with Crippen LogP contribution in [0.15, 0.2) is 35.6 Å². The summed E-state index contributed by atoms with van der Waals surface area (Å²) in [7, 11) is -0.436. The average Bonchev–Trinajstić information content (AvgIpc) is 2.73. The van der Waals surface area contributed by atoms with Crippen molar-refractivity contribution in [3.8, 4) is 0 Å². The van der Waals surface area contributed by atoms with Gasteiger partial charge in [0.1, 0.15) is 0 Å². The summed E-state index contributed by atoms with van der Waals surface area (Å²) in [5.41, 5.74) is 0. The number of allylic oxidation sites excluding steroid dienone is 2. The van der Waals surface area contributed by atoms with Crippen molar-refractivity contribution in [3.63, 3.8) is 0 Å². The summed E-state index contributed by atoms with van der Waals surface area (Å²) in [5.74, 6) is 1.14. The largest absolute Gasteiger partial charge is 0.414 e. The third kappa shape index (κ3) is 1.69. The van der Waals surface area contributed by atoms with Crippen molar-refractivity contribution in [2.24, 2.45) is 11.8 Å². The molecule has 2 bridgehead atoms. The van der Waals surface area contributed by atoms with E-state index in [1.165, 1.54) is 5.20 Å². The molecule has 0 radical (unpaired) electrons. The van der Waals surface area contributed by atoms with E-state index in [9.17, 15) is 0 Å². The van der Waals surface area contributed by atoms with Gasteiger partial charge in [0.15, 0.2) is 9.76 Å². The zero-order valence-corrected chi connectivity index (χ0v) is 9.65. The van der Waals surface area contributed by atoms with Crippen LogP contribution in [0.25, 0.3) is 0 Å². The van der Waals surface area contributed by atoms with Gasteiger partial charge in [-0.3, -0.25) is 0 Å². The minimum absolute atomic E-state index is 0.436. The quantitative estimate of drug-likeness (QED) is 0.489. The first-order valence-electron chi connectivity index (χ1n) is 4.91. The normalized spacial score (nSPS) is 37.1. The molecular weight excluding hydrogens is 176 g/mol. The Bertz CT molecular complexity index is 248. The first-order valence-corrected chi connectivity index (χ1v) is 6.20. The Balaban J connectivity index is 1.86. The Morgan fingerprint density at radius 3 is 2.23 bits per heavy atom. The van der Waals surface area contributed by atoms with Gasteiger partial charge >= 0.3 is 0 Å². The summed E-state index contributed by atoms with van der Waals surface area (Å²) in [6.07, 6.45) is 11.7. The predicted molar refractivity (Wildman–Crippen MR) is 58.1 cm³/mol. The van der Waals surface area contributed by atoms with E-state index in [0.29, 0.717) is 17.9 Å². The fourth-order valence-corrected chi connectivity index (χ4v) is 2.94. The highest BCUT2D eigenvalue weighted by atomic mass is 28.2. The lowest BCUT2D eigenvalue weighted by atomic mass is 10.1. The van der Waals surface area contributed by atoms with Crippen LogP contribution in [0.1, 0.15) is 13.8 Å². The van der Waals surface area contributed by atoms with E-state index in [1.54, 1.807) is 0 Å². The van der Waals surface area contributed by atoms with Crippen LogP contribution in [0.5, 0.6) is 0 Å². The van der Waals surface area contributed by atoms with E-state index in [4.69, 9.17) is 4.43 Å². The van der Waals surface area contributed by atoms with Crippen LogP contribution in [0.2, 0.25) is 0 Å². The average molecular weight is 192 g/mol. The summed E-state index contributed by atoms with van der Waals surface area (Å²) in [5, 5.41) is 1.45. The molecule has 2 aliphatic carbocycles. The summed E-state index contributed by atoms with van der Waals surface area (Å²) in [6, 6.07) is 0. The molecule has 0 N–H and O–H groups in total. The molecule has 0 atom stereocenters. The van der Waals surface area contributed by atoms with Crippen LogP contribution in [0, 0.1) is 11.8 Å². The first kappa shape index (κ1) is 8.97. The minimum Gasteiger partial charge on any atom is -0.414 e. The second-order valence-electron chi connectivity index (χ2n) is 3.84. The molecule has 2 heteroatoms. The zero-order chi connectivity index (χ0) is 9.26. The predicted octanol–water partition coefficient (Wildman–Crippen LogP) is 1.75. The van der Waals surface area contributed by atoms with Crippen molar-refractivity contribution < 1.29 is 4.43 Å². The van der Waals surface area contributed by atoms with E-state index in [2.05, 4.69) is 44.2 Å². The summed E-state index contributed by atoms with van der Waals surface area (Å²) in [4.78, 5) is 0. The topological polar surface area (TPSA) is 9.23 Å². The molecule has 0 unspecified atom stereocenters. The van der Waals surface area contributed by atoms with E-state index in [-0.39, 0.29) is 0 Å². The number of hydrogen-bond acceptors (Lipinski definition) is 1. The highest BCUT2D eigenvalue weighted by Crippen LogP contribution is 2.35. The Labute approximate surface area is 82.1 Å². The van der Waals surface area contributed by atoms with Crippen molar-refractivity contribution in [1.29, 1.82) is 0 Å². The fourth-order valence-electron chi connectivity index (χ4n) is 1.87. The van der Waals surface area contributed by atoms with Crippen molar-refractivity contribution >= 4 is 9.76 Å². The van der Waals surface area contributed by atoms with Gasteiger partial charge < -0.3 is 4.43 Å². The molecule has 0 saturated carbocycles. The summed E-state index contributed by atoms with van der Waals surface area (Å²) >= 11 is 0. The molecule has 70 valence electrons. The van der Waals surface area contributed by atoms with Gasteiger partial charge in [-0.2, -0.15) is 0 Å². The molecule has 1 nitrogen and oxygen atoms in total. The molecule has 0 spiro atoms. The molecule has 0 amide bonds. The summed E-state index contributed by atoms with van der Waals surface area (Å²) < 4.78 is 5.99. The maximum Gasteiger partial charge on any atom is 0.188 e. The lowest BCUT2D eigenvalue weighted by Gasteiger charge is -2.17. The van der Waals surface area contributed by atoms with Crippen LogP contribution < -0.4 is 0 Å². The highest BCUT2D eigenvalue weighted by Gasteiger charge is 2.33. The number of rotatable bonds is 3. The molecule has 0 fully saturated rings. The third-order valence-electron chi connectivity index (χ3n) is 2.87. The number of fused-ring (bicyclic) bond motifs is 2. The third-order valence-corrected chi connectivity index (χ3v) is 4.28. The molecule has 13 heavy (non-hydrogen) atoms. The van der Waals surface area contributed by atoms with Gasteiger partial charge in [0.25, 0.3) is 0 Å². The maximum absolute atomic E-state index is 5.99. The Morgan fingerprint density at radius 1 is 1.23 bits per heavy atom. The van der Waals surface area contributed by atoms with E-state index in [0.717, 1.165) is 0 Å². The van der Waals surface area contributed by atoms with Crippen LogP contribution in [-0.4, -0.2) is 15.9 Å². The van der Waals surface area contributed by atoms with Crippen LogP contribution in [-0.2, 0) is 4.43 Å². The van der Waals surface area contributed by atoms with E-state index >= 15 is 0 Å². The van der Waals surface area contributed by atoms with Crippen molar-refractivity contribution in [1.82, 2.24) is 0 Å². The molecule has 2 rings (SSSR count). The molecule has 2 aliphatic rings. The molecule has 0 aromatic carbocycles. The van der Waals surface area contributed by atoms with Gasteiger partial charge in [0.2, 0.25) is 0 Å². The molecule has 0 heterocycles. The standard InChI is InChI=1S/C11H16OSi/c1-3-8(2)13-12-11-9-4-5-10(11)7-6-9/h3-7,9-11H,13H2,1-2H3/b8-3+. The monoisotopic (exact) mass is 192 g/mol. The van der Waals surface area contributed by atoms with Crippen molar-refractivity contribution in [2.45, 2.75) is 20.0 Å². The minimum atomic E-state index is -0.436. The molecular formula is C11H16OSi.